The number of aromatic nitrogens is 2. The van der Waals surface area contributed by atoms with E-state index >= 15 is 0 Å². The van der Waals surface area contributed by atoms with Crippen LogP contribution in [0, 0.1) is 0 Å². The molecule has 0 fully saturated rings. The fourth-order valence-corrected chi connectivity index (χ4v) is 2.81. The van der Waals surface area contributed by atoms with Gasteiger partial charge in [-0.2, -0.15) is 4.98 Å². The molecule has 0 aromatic carbocycles. The number of hydrogen-bond acceptors (Lipinski definition) is 5. The van der Waals surface area contributed by atoms with Gasteiger partial charge in [-0.3, -0.25) is 4.90 Å². The molecule has 2 heterocycles. The topological polar surface area (TPSA) is 42.2 Å². The predicted molar refractivity (Wildman–Crippen MR) is 77.6 cm³/mol. The number of halogens is 1. The van der Waals surface area contributed by atoms with Crippen LogP contribution in [-0.2, 0) is 6.54 Å². The fraction of sp³-hybridized carbons (Fsp3) is 0.538. The third kappa shape index (κ3) is 3.55. The van der Waals surface area contributed by atoms with E-state index in [9.17, 15) is 0 Å². The standard InChI is InChI=1S/C13H18ClN3OS/c1-8(2)12-15-13(18-16-12)9(3)17(4)7-10-5-6-11(14)19-10/h5-6,8-9H,7H2,1-4H3. The van der Waals surface area contributed by atoms with Crippen molar-refractivity contribution >= 4 is 22.9 Å². The highest BCUT2D eigenvalue weighted by Gasteiger charge is 2.20. The third-order valence-corrected chi connectivity index (χ3v) is 4.24. The molecule has 0 amide bonds. The van der Waals surface area contributed by atoms with Gasteiger partial charge >= 0.3 is 0 Å². The van der Waals surface area contributed by atoms with E-state index in [0.717, 1.165) is 16.7 Å². The normalized spacial score (nSPS) is 13.4. The molecule has 2 aromatic rings. The summed E-state index contributed by atoms with van der Waals surface area (Å²) in [6, 6.07) is 4.05. The molecule has 104 valence electrons. The van der Waals surface area contributed by atoms with Crippen molar-refractivity contribution in [2.24, 2.45) is 0 Å². The van der Waals surface area contributed by atoms with E-state index in [4.69, 9.17) is 16.1 Å². The molecule has 1 atom stereocenters. The van der Waals surface area contributed by atoms with Gasteiger partial charge < -0.3 is 4.52 Å². The van der Waals surface area contributed by atoms with Gasteiger partial charge in [-0.05, 0) is 26.1 Å². The predicted octanol–water partition coefficient (Wildman–Crippen LogP) is 4.10. The van der Waals surface area contributed by atoms with E-state index in [0.29, 0.717) is 5.89 Å². The monoisotopic (exact) mass is 299 g/mol. The van der Waals surface area contributed by atoms with Gasteiger partial charge in [0.05, 0.1) is 10.4 Å². The summed E-state index contributed by atoms with van der Waals surface area (Å²) in [5, 5.41) is 4.00. The zero-order valence-electron chi connectivity index (χ0n) is 11.6. The molecule has 0 saturated heterocycles. The zero-order chi connectivity index (χ0) is 14.0. The Morgan fingerprint density at radius 2 is 2.11 bits per heavy atom. The average molecular weight is 300 g/mol. The van der Waals surface area contributed by atoms with Gasteiger partial charge in [-0.1, -0.05) is 30.6 Å². The first-order chi connectivity index (χ1) is 8.97. The first-order valence-corrected chi connectivity index (χ1v) is 7.44. The Labute approximate surface area is 122 Å². The molecular weight excluding hydrogens is 282 g/mol. The van der Waals surface area contributed by atoms with Crippen LogP contribution in [-0.4, -0.2) is 22.1 Å². The van der Waals surface area contributed by atoms with E-state index < -0.39 is 0 Å². The Hall–Kier alpha value is -0.910. The SMILES string of the molecule is CC(C)c1noc(C(C)N(C)Cc2ccc(Cl)s2)n1. The average Bonchev–Trinajstić information content (AvgIpc) is 2.97. The number of thiophene rings is 1. The Kier molecular flexibility index (Phi) is 4.60. The van der Waals surface area contributed by atoms with Crippen LogP contribution in [0.2, 0.25) is 4.34 Å². The van der Waals surface area contributed by atoms with Crippen LogP contribution in [0.1, 0.15) is 49.3 Å². The molecule has 0 N–H and O–H groups in total. The van der Waals surface area contributed by atoms with Gasteiger partial charge in [-0.15, -0.1) is 11.3 Å². The maximum absolute atomic E-state index is 5.94. The second kappa shape index (κ2) is 6.03. The molecule has 6 heteroatoms. The second-order valence-corrected chi connectivity index (χ2v) is 6.74. The highest BCUT2D eigenvalue weighted by Crippen LogP contribution is 2.26. The molecular formula is C13H18ClN3OS. The van der Waals surface area contributed by atoms with Crippen molar-refractivity contribution in [1.82, 2.24) is 15.0 Å². The Bertz CT molecular complexity index is 537. The van der Waals surface area contributed by atoms with E-state index in [-0.39, 0.29) is 12.0 Å². The summed E-state index contributed by atoms with van der Waals surface area (Å²) in [5.41, 5.74) is 0. The molecule has 19 heavy (non-hydrogen) atoms. The summed E-state index contributed by atoms with van der Waals surface area (Å²) < 4.78 is 6.14. The Morgan fingerprint density at radius 3 is 2.63 bits per heavy atom. The molecule has 1 unspecified atom stereocenters. The lowest BCUT2D eigenvalue weighted by Gasteiger charge is -2.20. The lowest BCUT2D eigenvalue weighted by atomic mass is 10.2. The number of hydrogen-bond donors (Lipinski definition) is 0. The van der Waals surface area contributed by atoms with Gasteiger partial charge in [0.15, 0.2) is 5.82 Å². The summed E-state index contributed by atoms with van der Waals surface area (Å²) in [6.07, 6.45) is 0. The van der Waals surface area contributed by atoms with E-state index in [1.807, 2.05) is 19.2 Å². The highest BCUT2D eigenvalue weighted by molar-refractivity contribution is 7.16. The second-order valence-electron chi connectivity index (χ2n) is 4.94. The highest BCUT2D eigenvalue weighted by atomic mass is 35.5. The molecule has 0 saturated carbocycles. The van der Waals surface area contributed by atoms with Crippen LogP contribution >= 0.6 is 22.9 Å². The molecule has 4 nitrogen and oxygen atoms in total. The molecule has 0 radical (unpaired) electrons. The van der Waals surface area contributed by atoms with Crippen molar-refractivity contribution in [2.45, 2.75) is 39.3 Å². The quantitative estimate of drug-likeness (QED) is 0.833. The van der Waals surface area contributed by atoms with Gasteiger partial charge in [0.25, 0.3) is 0 Å². The fourth-order valence-electron chi connectivity index (χ4n) is 1.66. The van der Waals surface area contributed by atoms with E-state index in [1.165, 1.54) is 4.88 Å². The summed E-state index contributed by atoms with van der Waals surface area (Å²) in [5.74, 6) is 1.70. The molecule has 0 aliphatic carbocycles. The lowest BCUT2D eigenvalue weighted by Crippen LogP contribution is -2.21. The van der Waals surface area contributed by atoms with Crippen LogP contribution < -0.4 is 0 Å². The first kappa shape index (κ1) is 14.5. The van der Waals surface area contributed by atoms with Crippen LogP contribution in [0.4, 0.5) is 0 Å². The molecule has 2 aromatic heterocycles. The maximum atomic E-state index is 5.94. The molecule has 0 spiro atoms. The first-order valence-electron chi connectivity index (χ1n) is 6.25. The smallest absolute Gasteiger partial charge is 0.243 e. The summed E-state index contributed by atoms with van der Waals surface area (Å²) in [4.78, 5) is 7.83. The van der Waals surface area contributed by atoms with Crippen LogP contribution in [0.5, 0.6) is 0 Å². The van der Waals surface area contributed by atoms with Gasteiger partial charge in [0, 0.05) is 17.3 Å². The van der Waals surface area contributed by atoms with Crippen molar-refractivity contribution in [3.05, 3.63) is 33.1 Å². The zero-order valence-corrected chi connectivity index (χ0v) is 13.1. The maximum Gasteiger partial charge on any atom is 0.243 e. The molecule has 0 bridgehead atoms. The molecule has 0 aliphatic heterocycles. The van der Waals surface area contributed by atoms with Gasteiger partial charge in [0.2, 0.25) is 5.89 Å². The minimum Gasteiger partial charge on any atom is -0.338 e. The van der Waals surface area contributed by atoms with Crippen molar-refractivity contribution in [3.8, 4) is 0 Å². The molecule has 2 rings (SSSR count). The van der Waals surface area contributed by atoms with Gasteiger partial charge in [0.1, 0.15) is 0 Å². The van der Waals surface area contributed by atoms with Gasteiger partial charge in [-0.25, -0.2) is 0 Å². The van der Waals surface area contributed by atoms with Crippen molar-refractivity contribution < 1.29 is 4.52 Å². The van der Waals surface area contributed by atoms with Crippen LogP contribution in [0.25, 0.3) is 0 Å². The minimum absolute atomic E-state index is 0.0841. The summed E-state index contributed by atoms with van der Waals surface area (Å²) in [7, 11) is 2.04. The number of nitrogens with zero attached hydrogens (tertiary/aromatic N) is 3. The Morgan fingerprint density at radius 1 is 1.37 bits per heavy atom. The van der Waals surface area contributed by atoms with Crippen LogP contribution in [0.3, 0.4) is 0 Å². The van der Waals surface area contributed by atoms with Crippen molar-refractivity contribution in [1.29, 1.82) is 0 Å². The lowest BCUT2D eigenvalue weighted by molar-refractivity contribution is 0.204. The number of rotatable bonds is 5. The van der Waals surface area contributed by atoms with E-state index in [1.54, 1.807) is 11.3 Å². The summed E-state index contributed by atoms with van der Waals surface area (Å²) >= 11 is 7.53. The molecule has 0 aliphatic rings. The Balaban J connectivity index is 2.03. The summed E-state index contributed by atoms with van der Waals surface area (Å²) in [6.45, 7) is 6.98. The van der Waals surface area contributed by atoms with Crippen LogP contribution in [0.15, 0.2) is 16.7 Å². The van der Waals surface area contributed by atoms with Crippen molar-refractivity contribution in [2.75, 3.05) is 7.05 Å². The largest absolute Gasteiger partial charge is 0.338 e. The van der Waals surface area contributed by atoms with E-state index in [2.05, 4.69) is 35.8 Å². The minimum atomic E-state index is 0.0841. The third-order valence-electron chi connectivity index (χ3n) is 3.03. The van der Waals surface area contributed by atoms with Crippen molar-refractivity contribution in [3.63, 3.8) is 0 Å².